The molecule has 1 heterocycles. The number of hydrogen-bond donors (Lipinski definition) is 3. The smallest absolute Gasteiger partial charge is 0.356 e. The van der Waals surface area contributed by atoms with E-state index in [0.29, 0.717) is 17.9 Å². The van der Waals surface area contributed by atoms with Crippen molar-refractivity contribution in [2.75, 3.05) is 11.9 Å². The first kappa shape index (κ1) is 15.4. The molecule has 0 aliphatic heterocycles. The molecule has 6 heteroatoms. The molecule has 0 amide bonds. The zero-order chi connectivity index (χ0) is 14.6. The number of anilines is 1. The number of aliphatic hydroxyl groups is 1. The van der Waals surface area contributed by atoms with Crippen LogP contribution in [0.5, 0.6) is 0 Å². The van der Waals surface area contributed by atoms with Crippen LogP contribution < -0.4 is 5.32 Å². The number of carboxylic acid groups (broad SMARTS) is 1. The van der Waals surface area contributed by atoms with Crippen LogP contribution >= 0.6 is 0 Å². The van der Waals surface area contributed by atoms with Crippen molar-refractivity contribution in [3.8, 4) is 0 Å². The van der Waals surface area contributed by atoms with Crippen molar-refractivity contribution in [2.24, 2.45) is 0 Å². The van der Waals surface area contributed by atoms with Gasteiger partial charge in [-0.15, -0.1) is 0 Å². The predicted molar refractivity (Wildman–Crippen MR) is 72.5 cm³/mol. The molecule has 1 aromatic rings. The molecule has 0 aliphatic rings. The zero-order valence-electron chi connectivity index (χ0n) is 11.8. The molecule has 0 fully saturated rings. The molecule has 3 N–H and O–H groups in total. The van der Waals surface area contributed by atoms with E-state index in [1.165, 1.54) is 6.20 Å². The summed E-state index contributed by atoms with van der Waals surface area (Å²) in [6, 6.07) is 0. The summed E-state index contributed by atoms with van der Waals surface area (Å²) in [5.74, 6) is -0.556. The summed E-state index contributed by atoms with van der Waals surface area (Å²) < 4.78 is 0. The van der Waals surface area contributed by atoms with E-state index in [4.69, 9.17) is 5.11 Å². The predicted octanol–water partition coefficient (Wildman–Crippen LogP) is 1.87. The normalized spacial score (nSPS) is 14.2. The fraction of sp³-hybridized carbons (Fsp3) is 0.615. The number of aromatic carboxylic acids is 1. The number of carbonyl (C=O) groups is 1. The van der Waals surface area contributed by atoms with Gasteiger partial charge in [-0.2, -0.15) is 0 Å². The van der Waals surface area contributed by atoms with E-state index in [9.17, 15) is 9.90 Å². The average molecular weight is 267 g/mol. The Kier molecular flexibility index (Phi) is 4.83. The minimum Gasteiger partial charge on any atom is -0.476 e. The number of rotatable bonds is 6. The van der Waals surface area contributed by atoms with E-state index >= 15 is 0 Å². The number of hydrogen-bond acceptors (Lipinski definition) is 5. The first-order valence-corrected chi connectivity index (χ1v) is 6.33. The number of nitrogens with zero attached hydrogens (tertiary/aromatic N) is 2. The molecule has 1 rings (SSSR count). The van der Waals surface area contributed by atoms with Crippen LogP contribution in [0.3, 0.4) is 0 Å². The average Bonchev–Trinajstić information content (AvgIpc) is 2.36. The van der Waals surface area contributed by atoms with Crippen LogP contribution in [-0.2, 0) is 0 Å². The molecule has 0 radical (unpaired) electrons. The molecule has 0 saturated heterocycles. The highest BCUT2D eigenvalue weighted by Gasteiger charge is 2.20. The Bertz CT molecular complexity index is 458. The minimum atomic E-state index is -1.11. The van der Waals surface area contributed by atoms with Gasteiger partial charge in [0, 0.05) is 12.5 Å². The van der Waals surface area contributed by atoms with E-state index in [1.807, 2.05) is 20.8 Å². The van der Waals surface area contributed by atoms with E-state index in [2.05, 4.69) is 15.3 Å². The van der Waals surface area contributed by atoms with E-state index < -0.39 is 11.6 Å². The van der Waals surface area contributed by atoms with Gasteiger partial charge in [0.2, 0.25) is 0 Å². The second-order valence-electron chi connectivity index (χ2n) is 5.15. The third kappa shape index (κ3) is 4.17. The van der Waals surface area contributed by atoms with Crippen LogP contribution in [0.15, 0.2) is 6.20 Å². The quantitative estimate of drug-likeness (QED) is 0.728. The van der Waals surface area contributed by atoms with Crippen LogP contribution in [0, 0.1) is 0 Å². The molecular weight excluding hydrogens is 246 g/mol. The Hall–Kier alpha value is -1.69. The van der Waals surface area contributed by atoms with Crippen LogP contribution in [0.2, 0.25) is 0 Å². The van der Waals surface area contributed by atoms with Crippen LogP contribution in [-0.4, -0.2) is 38.3 Å². The van der Waals surface area contributed by atoms with Crippen LogP contribution in [0.25, 0.3) is 0 Å². The summed E-state index contributed by atoms with van der Waals surface area (Å²) in [5.41, 5.74) is -0.636. The molecule has 0 aromatic carbocycles. The molecule has 6 nitrogen and oxygen atoms in total. The number of aromatic nitrogens is 2. The van der Waals surface area contributed by atoms with Gasteiger partial charge in [-0.1, -0.05) is 20.8 Å². The third-order valence-corrected chi connectivity index (χ3v) is 2.95. The van der Waals surface area contributed by atoms with Gasteiger partial charge < -0.3 is 15.5 Å². The van der Waals surface area contributed by atoms with Gasteiger partial charge >= 0.3 is 5.97 Å². The Balaban J connectivity index is 2.98. The van der Waals surface area contributed by atoms with E-state index in [-0.39, 0.29) is 18.2 Å². The number of nitrogens with one attached hydrogen (secondary N) is 1. The van der Waals surface area contributed by atoms with E-state index in [0.717, 1.165) is 0 Å². The van der Waals surface area contributed by atoms with Gasteiger partial charge in [0.1, 0.15) is 5.82 Å². The van der Waals surface area contributed by atoms with Gasteiger partial charge in [-0.3, -0.25) is 0 Å². The summed E-state index contributed by atoms with van der Waals surface area (Å²) in [5, 5.41) is 22.0. The van der Waals surface area contributed by atoms with Gasteiger partial charge in [0.15, 0.2) is 5.69 Å². The van der Waals surface area contributed by atoms with Crippen molar-refractivity contribution in [3.05, 3.63) is 17.7 Å². The molecule has 0 bridgehead atoms. The zero-order valence-corrected chi connectivity index (χ0v) is 11.8. The van der Waals surface area contributed by atoms with Crippen molar-refractivity contribution >= 4 is 11.7 Å². The topological polar surface area (TPSA) is 95.3 Å². The van der Waals surface area contributed by atoms with E-state index in [1.54, 1.807) is 6.92 Å². The lowest BCUT2D eigenvalue weighted by atomic mass is 10.0. The van der Waals surface area contributed by atoms with Crippen LogP contribution in [0.1, 0.15) is 56.3 Å². The fourth-order valence-corrected chi connectivity index (χ4v) is 1.38. The third-order valence-electron chi connectivity index (χ3n) is 2.95. The highest BCUT2D eigenvalue weighted by atomic mass is 16.4. The van der Waals surface area contributed by atoms with Gasteiger partial charge in [-0.05, 0) is 13.3 Å². The summed E-state index contributed by atoms with van der Waals surface area (Å²) in [4.78, 5) is 19.4. The summed E-state index contributed by atoms with van der Waals surface area (Å²) in [6.07, 6.45) is 2.02. The Labute approximate surface area is 112 Å². The maximum atomic E-state index is 11.2. The molecule has 106 valence electrons. The standard InChI is InChI=1S/C13H21N3O3/c1-5-13(4,19)7-15-9-6-14-11(8(2)3)16-10(9)12(17)18/h6,8,15,19H,5,7H2,1-4H3,(H,17,18). The monoisotopic (exact) mass is 267 g/mol. The fourth-order valence-electron chi connectivity index (χ4n) is 1.38. The second kappa shape index (κ2) is 5.97. The first-order valence-electron chi connectivity index (χ1n) is 6.33. The molecule has 1 unspecified atom stereocenters. The Morgan fingerprint density at radius 3 is 2.63 bits per heavy atom. The molecule has 0 saturated carbocycles. The maximum absolute atomic E-state index is 11.2. The van der Waals surface area contributed by atoms with Crippen LogP contribution in [0.4, 0.5) is 5.69 Å². The Morgan fingerprint density at radius 1 is 1.53 bits per heavy atom. The van der Waals surface area contributed by atoms with Gasteiger partial charge in [0.05, 0.1) is 17.5 Å². The molecular formula is C13H21N3O3. The second-order valence-corrected chi connectivity index (χ2v) is 5.15. The van der Waals surface area contributed by atoms with Gasteiger partial charge in [0.25, 0.3) is 0 Å². The van der Waals surface area contributed by atoms with Crippen molar-refractivity contribution in [1.29, 1.82) is 0 Å². The lowest BCUT2D eigenvalue weighted by Gasteiger charge is -2.22. The van der Waals surface area contributed by atoms with Crippen molar-refractivity contribution < 1.29 is 15.0 Å². The maximum Gasteiger partial charge on any atom is 0.356 e. The summed E-state index contributed by atoms with van der Waals surface area (Å²) in [7, 11) is 0. The van der Waals surface area contributed by atoms with Crippen molar-refractivity contribution in [1.82, 2.24) is 9.97 Å². The Morgan fingerprint density at radius 2 is 2.16 bits per heavy atom. The summed E-state index contributed by atoms with van der Waals surface area (Å²) in [6.45, 7) is 7.59. The van der Waals surface area contributed by atoms with Crippen molar-refractivity contribution in [3.63, 3.8) is 0 Å². The highest BCUT2D eigenvalue weighted by molar-refractivity contribution is 5.91. The summed E-state index contributed by atoms with van der Waals surface area (Å²) >= 11 is 0. The lowest BCUT2D eigenvalue weighted by molar-refractivity contribution is 0.0673. The lowest BCUT2D eigenvalue weighted by Crippen LogP contribution is -2.33. The minimum absolute atomic E-state index is 0.0610. The number of carboxylic acids is 1. The highest BCUT2D eigenvalue weighted by Crippen LogP contribution is 2.18. The molecule has 19 heavy (non-hydrogen) atoms. The largest absolute Gasteiger partial charge is 0.476 e. The molecule has 1 aromatic heterocycles. The molecule has 0 spiro atoms. The molecule has 1 atom stereocenters. The SMILES string of the molecule is CCC(C)(O)CNc1cnc(C(C)C)nc1C(=O)O. The molecule has 0 aliphatic carbocycles. The first-order chi connectivity index (χ1) is 8.76. The van der Waals surface area contributed by atoms with Gasteiger partial charge in [-0.25, -0.2) is 14.8 Å². The van der Waals surface area contributed by atoms with Crippen molar-refractivity contribution in [2.45, 2.75) is 45.6 Å².